The Labute approximate surface area is 153 Å². The van der Waals surface area contributed by atoms with Gasteiger partial charge in [-0.15, -0.1) is 0 Å². The summed E-state index contributed by atoms with van der Waals surface area (Å²) in [5.41, 5.74) is 0. The zero-order chi connectivity index (χ0) is 17.0. The van der Waals surface area contributed by atoms with Crippen LogP contribution in [0.4, 0.5) is 0 Å². The Morgan fingerprint density at radius 2 is 1.22 bits per heavy atom. The Morgan fingerprint density at radius 3 is 1.70 bits per heavy atom. The maximum absolute atomic E-state index is 4.25. The second-order valence-electron chi connectivity index (χ2n) is 7.45. The van der Waals surface area contributed by atoms with Crippen molar-refractivity contribution in [1.29, 1.82) is 0 Å². The van der Waals surface area contributed by atoms with Crippen LogP contribution in [0, 0.1) is 0 Å². The quantitative estimate of drug-likeness (QED) is 0.234. The molecule has 0 aromatic heterocycles. The maximum atomic E-state index is 4.25. The molecule has 0 aliphatic heterocycles. The first kappa shape index (κ1) is 21.2. The van der Waals surface area contributed by atoms with Gasteiger partial charge in [-0.25, -0.2) is 0 Å². The van der Waals surface area contributed by atoms with E-state index in [1.54, 1.807) is 5.30 Å². The van der Waals surface area contributed by atoms with Crippen molar-refractivity contribution < 1.29 is 0 Å². The molecule has 0 saturated carbocycles. The van der Waals surface area contributed by atoms with Crippen LogP contribution in [0.15, 0.2) is 30.3 Å². The fourth-order valence-electron chi connectivity index (χ4n) is 3.32. The molecule has 0 aliphatic carbocycles. The van der Waals surface area contributed by atoms with Gasteiger partial charge in [-0.2, -0.15) is 0 Å². The minimum absolute atomic E-state index is 1.26. The van der Waals surface area contributed by atoms with Crippen molar-refractivity contribution in [2.24, 2.45) is 0 Å². The molecule has 1 aromatic carbocycles. The van der Waals surface area contributed by atoms with Gasteiger partial charge in [0, 0.05) is 0 Å². The van der Waals surface area contributed by atoms with Gasteiger partial charge in [-0.1, -0.05) is 0 Å². The zero-order valence-corrected chi connectivity index (χ0v) is 18.2. The van der Waals surface area contributed by atoms with E-state index in [2.05, 4.69) is 66.3 Å². The third kappa shape index (κ3) is 7.70. The summed E-state index contributed by atoms with van der Waals surface area (Å²) in [7, 11) is 0. The number of halogens is 1. The molecule has 0 N–H and O–H groups in total. The molecule has 0 atom stereocenters. The average molecular weight is 401 g/mol. The summed E-state index contributed by atoms with van der Waals surface area (Å²) in [6.45, 7) is 7.16. The van der Waals surface area contributed by atoms with Gasteiger partial charge in [-0.3, -0.25) is 0 Å². The molecular weight excluding hydrogens is 363 g/mol. The first-order valence-electron chi connectivity index (χ1n) is 9.80. The SMILES string of the molecule is CCCCCCCCCCCCP(C)(Br)(CC)c1ccccc1. The standard InChI is InChI=1S/C21H38BrP/c1-4-6-7-8-9-10-11-12-13-17-20-23(3,22,5-2)21-18-15-14-16-19-21/h14-16,18-19H,4-13,17,20H2,1-3H3. The van der Waals surface area contributed by atoms with Gasteiger partial charge in [0.2, 0.25) is 0 Å². The fraction of sp³-hybridized carbons (Fsp3) is 0.714. The van der Waals surface area contributed by atoms with Gasteiger partial charge in [0.15, 0.2) is 0 Å². The summed E-state index contributed by atoms with van der Waals surface area (Å²) >= 11 is 4.25. The van der Waals surface area contributed by atoms with E-state index in [-0.39, 0.29) is 0 Å². The molecule has 0 unspecified atom stereocenters. The predicted octanol–water partition coefficient (Wildman–Crippen LogP) is 7.75. The molecule has 2 heteroatoms. The topological polar surface area (TPSA) is 0 Å². The Balaban J connectivity index is 2.23. The molecule has 134 valence electrons. The molecule has 0 nitrogen and oxygen atoms in total. The van der Waals surface area contributed by atoms with E-state index in [1.165, 1.54) is 76.5 Å². The number of hydrogen-bond acceptors (Lipinski definition) is 0. The molecule has 0 heterocycles. The van der Waals surface area contributed by atoms with E-state index in [0.717, 1.165) is 0 Å². The van der Waals surface area contributed by atoms with Crippen molar-refractivity contribution in [3.63, 3.8) is 0 Å². The Bertz CT molecular complexity index is 413. The monoisotopic (exact) mass is 400 g/mol. The first-order chi connectivity index (χ1) is 11.0. The molecule has 0 bridgehead atoms. The van der Waals surface area contributed by atoms with Gasteiger partial charge in [0.1, 0.15) is 0 Å². The van der Waals surface area contributed by atoms with E-state index >= 15 is 0 Å². The average Bonchev–Trinajstić information content (AvgIpc) is 2.58. The third-order valence-electron chi connectivity index (χ3n) is 5.38. The van der Waals surface area contributed by atoms with Crippen LogP contribution in [0.3, 0.4) is 0 Å². The van der Waals surface area contributed by atoms with Gasteiger partial charge in [0.25, 0.3) is 0 Å². The Hall–Kier alpha value is 0.130. The molecule has 0 aliphatic rings. The molecule has 1 rings (SSSR count). The summed E-state index contributed by atoms with van der Waals surface area (Å²) in [6.07, 6.45) is 16.8. The number of hydrogen-bond donors (Lipinski definition) is 0. The number of unbranched alkanes of at least 4 members (excludes halogenated alkanes) is 9. The van der Waals surface area contributed by atoms with Crippen molar-refractivity contribution in [2.75, 3.05) is 19.0 Å². The second kappa shape index (κ2) is 10.9. The Kier molecular flexibility index (Phi) is 10.0. The summed E-state index contributed by atoms with van der Waals surface area (Å²) in [5, 5.41) is -0.304. The van der Waals surface area contributed by atoms with Gasteiger partial charge in [0.05, 0.1) is 0 Å². The van der Waals surface area contributed by atoms with Crippen LogP contribution in [-0.4, -0.2) is 19.0 Å². The number of rotatable bonds is 13. The van der Waals surface area contributed by atoms with Crippen LogP contribution in [0.25, 0.3) is 0 Å². The van der Waals surface area contributed by atoms with Crippen molar-refractivity contribution in [1.82, 2.24) is 0 Å². The first-order valence-corrected chi connectivity index (χ1v) is 14.9. The third-order valence-corrected chi connectivity index (χ3v) is 14.0. The molecule has 0 spiro atoms. The summed E-state index contributed by atoms with van der Waals surface area (Å²) in [5.74, 6) is 0. The molecule has 0 radical (unpaired) electrons. The summed E-state index contributed by atoms with van der Waals surface area (Å²) in [4.78, 5) is 0. The van der Waals surface area contributed by atoms with E-state index in [9.17, 15) is 0 Å². The van der Waals surface area contributed by atoms with Crippen LogP contribution < -0.4 is 5.30 Å². The van der Waals surface area contributed by atoms with Gasteiger partial charge in [-0.05, 0) is 0 Å². The van der Waals surface area contributed by atoms with E-state index in [1.807, 2.05) is 0 Å². The van der Waals surface area contributed by atoms with E-state index in [0.29, 0.717) is 0 Å². The van der Waals surface area contributed by atoms with Crippen molar-refractivity contribution in [3.05, 3.63) is 30.3 Å². The zero-order valence-electron chi connectivity index (χ0n) is 15.7. The van der Waals surface area contributed by atoms with Crippen LogP contribution in [0.1, 0.15) is 78.1 Å². The fourth-order valence-corrected chi connectivity index (χ4v) is 7.77. The van der Waals surface area contributed by atoms with Crippen LogP contribution >= 0.6 is 20.8 Å². The summed E-state index contributed by atoms with van der Waals surface area (Å²) in [6, 6.07) is 11.2. The molecular formula is C21H38BrP. The number of benzene rings is 1. The van der Waals surface area contributed by atoms with Crippen molar-refractivity contribution in [2.45, 2.75) is 78.1 Å². The Morgan fingerprint density at radius 1 is 0.739 bits per heavy atom. The van der Waals surface area contributed by atoms with Crippen LogP contribution in [0.2, 0.25) is 0 Å². The van der Waals surface area contributed by atoms with Crippen molar-refractivity contribution >= 4 is 26.1 Å². The second-order valence-corrected chi connectivity index (χ2v) is 19.0. The molecule has 1 aromatic rings. The molecule has 0 saturated heterocycles. The predicted molar refractivity (Wildman–Crippen MR) is 115 cm³/mol. The van der Waals surface area contributed by atoms with Gasteiger partial charge < -0.3 is 0 Å². The normalized spacial score (nSPS) is 13.7. The molecule has 23 heavy (non-hydrogen) atoms. The molecule has 0 amide bonds. The molecule has 0 fully saturated rings. The van der Waals surface area contributed by atoms with E-state index < -0.39 is 5.31 Å². The van der Waals surface area contributed by atoms with Crippen molar-refractivity contribution in [3.8, 4) is 0 Å². The summed E-state index contributed by atoms with van der Waals surface area (Å²) < 4.78 is 0. The van der Waals surface area contributed by atoms with E-state index in [4.69, 9.17) is 0 Å². The van der Waals surface area contributed by atoms with Crippen LogP contribution in [0.5, 0.6) is 0 Å². The minimum atomic E-state index is -1.86. The van der Waals surface area contributed by atoms with Crippen LogP contribution in [-0.2, 0) is 0 Å². The van der Waals surface area contributed by atoms with Gasteiger partial charge >= 0.3 is 153 Å².